The van der Waals surface area contributed by atoms with E-state index in [4.69, 9.17) is 10.5 Å². The highest BCUT2D eigenvalue weighted by Gasteiger charge is 2.40. The van der Waals surface area contributed by atoms with Gasteiger partial charge in [0.15, 0.2) is 0 Å². The van der Waals surface area contributed by atoms with Crippen LogP contribution in [0.5, 0.6) is 5.75 Å². The summed E-state index contributed by atoms with van der Waals surface area (Å²) >= 11 is 0. The van der Waals surface area contributed by atoms with Crippen LogP contribution in [0.4, 0.5) is 0 Å². The lowest BCUT2D eigenvalue weighted by Crippen LogP contribution is -2.63. The number of nitrogens with one attached hydrogen (secondary N) is 1. The van der Waals surface area contributed by atoms with Gasteiger partial charge in [-0.05, 0) is 85.5 Å². The Hall–Kier alpha value is -3.38. The molecule has 200 valence electrons. The molecule has 3 aromatic carbocycles. The van der Waals surface area contributed by atoms with Crippen molar-refractivity contribution < 1.29 is 14.3 Å². The van der Waals surface area contributed by atoms with E-state index in [-0.39, 0.29) is 11.8 Å². The molecule has 2 atom stereocenters. The second kappa shape index (κ2) is 12.4. The first-order chi connectivity index (χ1) is 18.6. The Morgan fingerprint density at radius 1 is 0.868 bits per heavy atom. The van der Waals surface area contributed by atoms with E-state index in [9.17, 15) is 9.59 Å². The summed E-state index contributed by atoms with van der Waals surface area (Å²) in [6.45, 7) is 0.979. The molecule has 3 aromatic rings. The van der Waals surface area contributed by atoms with E-state index in [1.807, 2.05) is 42.5 Å². The van der Waals surface area contributed by atoms with Crippen molar-refractivity contribution in [3.8, 4) is 5.75 Å². The SMILES string of the molecule is NCCCC[C@H]1C(=O)N[C@@H](Cc2ccc3ccccc3c2)C(=O)N1Cc1ccc(OC2CCCCC2)cc1. The van der Waals surface area contributed by atoms with E-state index in [1.54, 1.807) is 4.90 Å². The molecule has 0 bridgehead atoms. The molecule has 2 amide bonds. The highest BCUT2D eigenvalue weighted by Crippen LogP contribution is 2.26. The first-order valence-corrected chi connectivity index (χ1v) is 14.1. The summed E-state index contributed by atoms with van der Waals surface area (Å²) in [4.78, 5) is 28.8. The summed E-state index contributed by atoms with van der Waals surface area (Å²) < 4.78 is 6.18. The van der Waals surface area contributed by atoms with Crippen molar-refractivity contribution in [3.05, 3.63) is 77.9 Å². The summed E-state index contributed by atoms with van der Waals surface area (Å²) in [5, 5.41) is 5.32. The van der Waals surface area contributed by atoms with Gasteiger partial charge in [0.25, 0.3) is 0 Å². The number of nitrogens with zero attached hydrogens (tertiary/aromatic N) is 1. The Morgan fingerprint density at radius 3 is 2.37 bits per heavy atom. The van der Waals surface area contributed by atoms with Crippen molar-refractivity contribution in [3.63, 3.8) is 0 Å². The van der Waals surface area contributed by atoms with Gasteiger partial charge in [0.2, 0.25) is 11.8 Å². The van der Waals surface area contributed by atoms with Crippen LogP contribution in [0.2, 0.25) is 0 Å². The molecule has 1 aliphatic heterocycles. The Kier molecular flexibility index (Phi) is 8.59. The highest BCUT2D eigenvalue weighted by atomic mass is 16.5. The standard InChI is InChI=1S/C32H39N3O3/c33-19-7-6-12-30-31(36)34-29(21-24-13-16-25-8-4-5-9-26(25)20-24)32(37)35(30)22-23-14-17-28(18-15-23)38-27-10-2-1-3-11-27/h4-5,8-9,13-18,20,27,29-30H,1-3,6-7,10-12,19,21-22,33H2,(H,34,36)/t29-,30-/m0/s1. The third-order valence-corrected chi connectivity index (χ3v) is 7.89. The van der Waals surface area contributed by atoms with E-state index in [2.05, 4.69) is 29.6 Å². The van der Waals surface area contributed by atoms with Gasteiger partial charge in [-0.2, -0.15) is 0 Å². The normalized spacial score (nSPS) is 20.5. The Morgan fingerprint density at radius 2 is 1.61 bits per heavy atom. The first kappa shape index (κ1) is 26.2. The summed E-state index contributed by atoms with van der Waals surface area (Å²) in [5.74, 6) is 0.764. The first-order valence-electron chi connectivity index (χ1n) is 14.1. The number of piperazine rings is 1. The minimum absolute atomic E-state index is 0.0296. The number of ether oxygens (including phenoxy) is 1. The Bertz CT molecular complexity index is 1240. The molecular formula is C32H39N3O3. The number of carbonyl (C=O) groups excluding carboxylic acids is 2. The highest BCUT2D eigenvalue weighted by molar-refractivity contribution is 5.97. The van der Waals surface area contributed by atoms with Crippen LogP contribution in [0.3, 0.4) is 0 Å². The number of amides is 2. The molecule has 6 nitrogen and oxygen atoms in total. The predicted octanol–water partition coefficient (Wildman–Crippen LogP) is 5.12. The zero-order chi connectivity index (χ0) is 26.3. The molecule has 1 saturated heterocycles. The number of carbonyl (C=O) groups is 2. The predicted molar refractivity (Wildman–Crippen MR) is 151 cm³/mol. The molecule has 1 aliphatic carbocycles. The average molecular weight is 514 g/mol. The smallest absolute Gasteiger partial charge is 0.246 e. The van der Waals surface area contributed by atoms with Crippen LogP contribution in [0, 0.1) is 0 Å². The molecule has 6 heteroatoms. The fourth-order valence-corrected chi connectivity index (χ4v) is 5.77. The van der Waals surface area contributed by atoms with Gasteiger partial charge >= 0.3 is 0 Å². The van der Waals surface area contributed by atoms with E-state index < -0.39 is 12.1 Å². The van der Waals surface area contributed by atoms with E-state index in [1.165, 1.54) is 19.3 Å². The van der Waals surface area contributed by atoms with Crippen LogP contribution in [-0.4, -0.2) is 41.4 Å². The fourth-order valence-electron chi connectivity index (χ4n) is 5.77. The average Bonchev–Trinajstić information content (AvgIpc) is 2.94. The van der Waals surface area contributed by atoms with Crippen molar-refractivity contribution >= 4 is 22.6 Å². The van der Waals surface area contributed by atoms with Crippen LogP contribution in [-0.2, 0) is 22.6 Å². The maximum absolute atomic E-state index is 13.8. The van der Waals surface area contributed by atoms with Crippen LogP contribution in [0.1, 0.15) is 62.5 Å². The largest absolute Gasteiger partial charge is 0.490 e. The summed E-state index contributed by atoms with van der Waals surface area (Å²) in [6, 6.07) is 21.4. The molecule has 0 aromatic heterocycles. The lowest BCUT2D eigenvalue weighted by molar-refractivity contribution is -0.150. The molecule has 0 spiro atoms. The molecular weight excluding hydrogens is 474 g/mol. The Labute approximate surface area is 225 Å². The number of rotatable bonds is 10. The summed E-state index contributed by atoms with van der Waals surface area (Å²) in [5.41, 5.74) is 7.73. The minimum atomic E-state index is -0.580. The molecule has 0 radical (unpaired) electrons. The number of hydrogen-bond donors (Lipinski definition) is 2. The number of benzene rings is 3. The van der Waals surface area contributed by atoms with E-state index >= 15 is 0 Å². The van der Waals surface area contributed by atoms with Gasteiger partial charge in [-0.1, -0.05) is 61.0 Å². The topological polar surface area (TPSA) is 84.7 Å². The summed E-state index contributed by atoms with van der Waals surface area (Å²) in [6.07, 6.45) is 9.00. The molecule has 2 fully saturated rings. The second-order valence-electron chi connectivity index (χ2n) is 10.7. The molecule has 1 heterocycles. The number of fused-ring (bicyclic) bond motifs is 1. The van der Waals surface area contributed by atoms with Gasteiger partial charge in [-0.15, -0.1) is 0 Å². The molecule has 0 unspecified atom stereocenters. The maximum Gasteiger partial charge on any atom is 0.246 e. The Balaban J connectivity index is 1.31. The van der Waals surface area contributed by atoms with Gasteiger partial charge in [0.05, 0.1) is 6.10 Å². The van der Waals surface area contributed by atoms with Crippen molar-refractivity contribution in [2.45, 2.75) is 82.5 Å². The molecule has 3 N–H and O–H groups in total. The van der Waals surface area contributed by atoms with Crippen LogP contribution in [0.15, 0.2) is 66.7 Å². The van der Waals surface area contributed by atoms with Gasteiger partial charge < -0.3 is 20.7 Å². The van der Waals surface area contributed by atoms with Gasteiger partial charge in [-0.25, -0.2) is 0 Å². The third kappa shape index (κ3) is 6.36. The lowest BCUT2D eigenvalue weighted by atomic mass is 9.96. The van der Waals surface area contributed by atoms with Crippen LogP contribution < -0.4 is 15.8 Å². The van der Waals surface area contributed by atoms with E-state index in [0.29, 0.717) is 32.0 Å². The zero-order valence-corrected chi connectivity index (χ0v) is 22.1. The van der Waals surface area contributed by atoms with Gasteiger partial charge in [-0.3, -0.25) is 9.59 Å². The van der Waals surface area contributed by atoms with Crippen molar-refractivity contribution in [2.24, 2.45) is 5.73 Å². The monoisotopic (exact) mass is 513 g/mol. The fraction of sp³-hybridized carbons (Fsp3) is 0.438. The van der Waals surface area contributed by atoms with Crippen molar-refractivity contribution in [2.75, 3.05) is 6.54 Å². The van der Waals surface area contributed by atoms with Gasteiger partial charge in [0.1, 0.15) is 17.8 Å². The lowest BCUT2D eigenvalue weighted by Gasteiger charge is -2.39. The minimum Gasteiger partial charge on any atom is -0.490 e. The second-order valence-corrected chi connectivity index (χ2v) is 10.7. The van der Waals surface area contributed by atoms with E-state index in [0.717, 1.165) is 53.3 Å². The molecule has 5 rings (SSSR count). The number of nitrogens with two attached hydrogens (primary N) is 1. The maximum atomic E-state index is 13.8. The molecule has 2 aliphatic rings. The molecule has 38 heavy (non-hydrogen) atoms. The van der Waals surface area contributed by atoms with Crippen LogP contribution >= 0.6 is 0 Å². The van der Waals surface area contributed by atoms with Crippen LogP contribution in [0.25, 0.3) is 10.8 Å². The zero-order valence-electron chi connectivity index (χ0n) is 22.1. The third-order valence-electron chi connectivity index (χ3n) is 7.89. The van der Waals surface area contributed by atoms with Gasteiger partial charge in [0, 0.05) is 13.0 Å². The number of hydrogen-bond acceptors (Lipinski definition) is 4. The number of unbranched alkanes of at least 4 members (excludes halogenated alkanes) is 1. The van der Waals surface area contributed by atoms with Crippen molar-refractivity contribution in [1.29, 1.82) is 0 Å². The quantitative estimate of drug-likeness (QED) is 0.369. The summed E-state index contributed by atoms with van der Waals surface area (Å²) in [7, 11) is 0. The van der Waals surface area contributed by atoms with Crippen molar-refractivity contribution in [1.82, 2.24) is 10.2 Å². The molecule has 1 saturated carbocycles.